The molecule has 0 aliphatic carbocycles. The Kier molecular flexibility index (Phi) is 5.27. The molecule has 3 unspecified atom stereocenters. The number of rotatable bonds is 3. The second-order valence-electron chi connectivity index (χ2n) is 6.31. The molecule has 0 aromatic heterocycles. The minimum absolute atomic E-state index is 0.135. The van der Waals surface area contributed by atoms with Crippen molar-refractivity contribution in [1.82, 2.24) is 4.90 Å². The lowest BCUT2D eigenvalue weighted by Crippen LogP contribution is -2.46. The van der Waals surface area contributed by atoms with Crippen LogP contribution in [0, 0.1) is 17.3 Å². The molecule has 2 nitrogen and oxygen atoms in total. The van der Waals surface area contributed by atoms with Gasteiger partial charge in [0.05, 0.1) is 6.10 Å². The number of aliphatic hydroxyl groups is 1. The third-order valence-corrected chi connectivity index (χ3v) is 4.67. The smallest absolute Gasteiger partial charge is 0.0693 e. The average molecular weight is 292 g/mol. The topological polar surface area (TPSA) is 23.5 Å². The third-order valence-electron chi connectivity index (χ3n) is 3.89. The summed E-state index contributed by atoms with van der Waals surface area (Å²) in [7, 11) is 0. The number of hydrogen-bond acceptors (Lipinski definition) is 2. The van der Waals surface area contributed by atoms with E-state index in [4.69, 9.17) is 0 Å². The Morgan fingerprint density at radius 3 is 2.50 bits per heavy atom. The molecule has 0 aromatic carbocycles. The predicted octanol–water partition coefficient (Wildman–Crippen LogP) is 2.75. The number of piperidine rings is 1. The van der Waals surface area contributed by atoms with Gasteiger partial charge in [-0.3, -0.25) is 0 Å². The molecule has 1 heterocycles. The number of hydrogen-bond donors (Lipinski definition) is 1. The van der Waals surface area contributed by atoms with Gasteiger partial charge >= 0.3 is 0 Å². The summed E-state index contributed by atoms with van der Waals surface area (Å²) in [4.78, 5) is 2.42. The van der Waals surface area contributed by atoms with Crippen molar-refractivity contribution in [3.05, 3.63) is 0 Å². The monoisotopic (exact) mass is 291 g/mol. The van der Waals surface area contributed by atoms with E-state index >= 15 is 0 Å². The van der Waals surface area contributed by atoms with Crippen molar-refractivity contribution in [2.45, 2.75) is 40.2 Å². The van der Waals surface area contributed by atoms with Gasteiger partial charge in [-0.05, 0) is 30.2 Å². The van der Waals surface area contributed by atoms with Gasteiger partial charge in [0.2, 0.25) is 0 Å². The highest BCUT2D eigenvalue weighted by atomic mass is 79.9. The van der Waals surface area contributed by atoms with Gasteiger partial charge in [-0.2, -0.15) is 0 Å². The zero-order valence-corrected chi connectivity index (χ0v) is 12.6. The van der Waals surface area contributed by atoms with Crippen molar-refractivity contribution >= 4 is 15.9 Å². The molecular weight excluding hydrogens is 266 g/mol. The molecule has 1 fully saturated rings. The maximum atomic E-state index is 9.88. The summed E-state index contributed by atoms with van der Waals surface area (Å²) in [6.45, 7) is 12.1. The van der Waals surface area contributed by atoms with E-state index < -0.39 is 0 Å². The van der Waals surface area contributed by atoms with Crippen LogP contribution in [0.25, 0.3) is 0 Å². The molecule has 96 valence electrons. The Morgan fingerprint density at radius 2 is 2.06 bits per heavy atom. The second-order valence-corrected chi connectivity index (χ2v) is 6.96. The molecule has 1 N–H and O–H groups in total. The Hall–Kier alpha value is 0.400. The summed E-state index contributed by atoms with van der Waals surface area (Å²) in [6, 6.07) is 0. The molecular formula is C13H26BrNO. The van der Waals surface area contributed by atoms with E-state index in [1.165, 1.54) is 0 Å². The Bertz CT molecular complexity index is 214. The van der Waals surface area contributed by atoms with Gasteiger partial charge in [-0.25, -0.2) is 0 Å². The molecule has 0 amide bonds. The number of aliphatic hydroxyl groups excluding tert-OH is 1. The highest BCUT2D eigenvalue weighted by molar-refractivity contribution is 9.09. The van der Waals surface area contributed by atoms with Crippen LogP contribution in [0.15, 0.2) is 0 Å². The van der Waals surface area contributed by atoms with Crippen molar-refractivity contribution in [2.75, 3.05) is 25.0 Å². The van der Waals surface area contributed by atoms with Crippen LogP contribution < -0.4 is 0 Å². The minimum atomic E-state index is -0.135. The van der Waals surface area contributed by atoms with E-state index in [9.17, 15) is 5.11 Å². The normalized spacial score (nSPS) is 30.4. The fourth-order valence-electron chi connectivity index (χ4n) is 2.15. The predicted molar refractivity (Wildman–Crippen MR) is 73.0 cm³/mol. The van der Waals surface area contributed by atoms with Gasteiger partial charge < -0.3 is 10.0 Å². The number of halogens is 1. The largest absolute Gasteiger partial charge is 0.392 e. The standard InChI is InChI=1S/C13H26BrNO/c1-10-5-6-15(9-12(10)16)8-11(7-14)13(2,3)4/h10-12,16H,5-9H2,1-4H3. The van der Waals surface area contributed by atoms with Crippen LogP contribution in [0.4, 0.5) is 0 Å². The van der Waals surface area contributed by atoms with E-state index in [2.05, 4.69) is 48.5 Å². The van der Waals surface area contributed by atoms with Gasteiger partial charge in [0.15, 0.2) is 0 Å². The maximum Gasteiger partial charge on any atom is 0.0693 e. The van der Waals surface area contributed by atoms with Crippen LogP contribution in [0.3, 0.4) is 0 Å². The quantitative estimate of drug-likeness (QED) is 0.809. The lowest BCUT2D eigenvalue weighted by molar-refractivity contribution is 0.0165. The molecule has 0 radical (unpaired) electrons. The number of β-amino-alcohol motifs (C(OH)–C–C–N with tert-alkyl or cyclic N) is 1. The summed E-state index contributed by atoms with van der Waals surface area (Å²) in [5, 5.41) is 10.9. The van der Waals surface area contributed by atoms with Crippen molar-refractivity contribution in [3.8, 4) is 0 Å². The molecule has 1 saturated heterocycles. The summed E-state index contributed by atoms with van der Waals surface area (Å²) in [5.41, 5.74) is 0.331. The molecule has 0 aromatic rings. The van der Waals surface area contributed by atoms with Crippen LogP contribution in [-0.4, -0.2) is 41.1 Å². The average Bonchev–Trinajstić information content (AvgIpc) is 2.18. The van der Waals surface area contributed by atoms with Crippen LogP contribution in [0.5, 0.6) is 0 Å². The molecule has 0 bridgehead atoms. The molecule has 0 saturated carbocycles. The van der Waals surface area contributed by atoms with Crippen molar-refractivity contribution in [3.63, 3.8) is 0 Å². The number of alkyl halides is 1. The second kappa shape index (κ2) is 5.83. The summed E-state index contributed by atoms with van der Waals surface area (Å²) in [5.74, 6) is 1.11. The van der Waals surface area contributed by atoms with Crippen molar-refractivity contribution < 1.29 is 5.11 Å². The summed E-state index contributed by atoms with van der Waals surface area (Å²) >= 11 is 3.62. The highest BCUT2D eigenvalue weighted by Gasteiger charge is 2.29. The van der Waals surface area contributed by atoms with Gasteiger partial charge in [-0.1, -0.05) is 43.6 Å². The first-order valence-electron chi connectivity index (χ1n) is 6.31. The van der Waals surface area contributed by atoms with Crippen LogP contribution in [0.2, 0.25) is 0 Å². The zero-order valence-electron chi connectivity index (χ0n) is 11.0. The van der Waals surface area contributed by atoms with Gasteiger partial charge in [0.25, 0.3) is 0 Å². The summed E-state index contributed by atoms with van der Waals surface area (Å²) < 4.78 is 0. The first-order valence-corrected chi connectivity index (χ1v) is 7.43. The molecule has 1 aliphatic heterocycles. The first-order chi connectivity index (χ1) is 7.34. The minimum Gasteiger partial charge on any atom is -0.392 e. The third kappa shape index (κ3) is 4.01. The highest BCUT2D eigenvalue weighted by Crippen LogP contribution is 2.29. The van der Waals surface area contributed by atoms with Gasteiger partial charge in [-0.15, -0.1) is 0 Å². The van der Waals surface area contributed by atoms with E-state index in [-0.39, 0.29) is 6.10 Å². The van der Waals surface area contributed by atoms with Crippen LogP contribution in [-0.2, 0) is 0 Å². The first kappa shape index (κ1) is 14.5. The van der Waals surface area contributed by atoms with E-state index in [0.29, 0.717) is 17.3 Å². The van der Waals surface area contributed by atoms with E-state index in [1.807, 2.05) is 0 Å². The number of likely N-dealkylation sites (tertiary alicyclic amines) is 1. The zero-order chi connectivity index (χ0) is 12.3. The van der Waals surface area contributed by atoms with E-state index in [0.717, 1.165) is 31.4 Å². The molecule has 16 heavy (non-hydrogen) atoms. The lowest BCUT2D eigenvalue weighted by Gasteiger charge is -2.39. The number of nitrogens with zero attached hydrogens (tertiary/aromatic N) is 1. The van der Waals surface area contributed by atoms with Crippen LogP contribution >= 0.6 is 15.9 Å². The SMILES string of the molecule is CC1CCN(CC(CBr)C(C)(C)C)CC1O. The molecule has 3 atom stereocenters. The lowest BCUT2D eigenvalue weighted by atomic mass is 9.81. The Labute approximate surface area is 109 Å². The fraction of sp³-hybridized carbons (Fsp3) is 1.00. The molecule has 0 spiro atoms. The van der Waals surface area contributed by atoms with Crippen molar-refractivity contribution in [2.24, 2.45) is 17.3 Å². The fourth-order valence-corrected chi connectivity index (χ4v) is 3.32. The summed E-state index contributed by atoms with van der Waals surface area (Å²) in [6.07, 6.45) is 0.991. The van der Waals surface area contributed by atoms with Crippen LogP contribution in [0.1, 0.15) is 34.1 Å². The van der Waals surface area contributed by atoms with Crippen molar-refractivity contribution in [1.29, 1.82) is 0 Å². The van der Waals surface area contributed by atoms with Gasteiger partial charge in [0.1, 0.15) is 0 Å². The Morgan fingerprint density at radius 1 is 1.44 bits per heavy atom. The molecule has 3 heteroatoms. The Balaban J connectivity index is 2.47. The maximum absolute atomic E-state index is 9.88. The van der Waals surface area contributed by atoms with E-state index in [1.54, 1.807) is 0 Å². The molecule has 1 rings (SSSR count). The molecule has 1 aliphatic rings. The van der Waals surface area contributed by atoms with Gasteiger partial charge in [0, 0.05) is 18.4 Å².